The highest BCUT2D eigenvalue weighted by atomic mass is 32.1. The smallest absolute Gasteiger partial charge is 0.341 e. The maximum Gasteiger partial charge on any atom is 0.341 e. The van der Waals surface area contributed by atoms with Gasteiger partial charge in [-0.15, -0.1) is 11.3 Å². The minimum atomic E-state index is -0.472. The third kappa shape index (κ3) is 4.24. The Hall–Kier alpha value is -2.56. The standard InChI is InChI=1S/C17H17N3O5S2/c1-19-8-7-11-12(9-19)27-16(15(11)17(22)25-2)18-13(21)5-3-10-4-6-14(26-10)20(23)24/h3-6H,7-9H2,1-2H3,(H,18,21)/p+1/b5-3+. The lowest BCUT2D eigenvalue weighted by molar-refractivity contribution is -0.895. The fourth-order valence-corrected chi connectivity index (χ4v) is 4.94. The van der Waals surface area contributed by atoms with Crippen LogP contribution in [0.4, 0.5) is 10.0 Å². The number of hydrogen-bond acceptors (Lipinski definition) is 7. The molecule has 0 bridgehead atoms. The second kappa shape index (κ2) is 7.99. The fourth-order valence-electron chi connectivity index (χ4n) is 2.87. The molecule has 1 amide bonds. The van der Waals surface area contributed by atoms with Crippen LogP contribution in [-0.4, -0.2) is 37.5 Å². The van der Waals surface area contributed by atoms with E-state index in [9.17, 15) is 19.7 Å². The van der Waals surface area contributed by atoms with Crippen molar-refractivity contribution in [3.05, 3.63) is 49.2 Å². The number of quaternary nitrogens is 1. The molecule has 27 heavy (non-hydrogen) atoms. The van der Waals surface area contributed by atoms with E-state index in [1.54, 1.807) is 6.07 Å². The van der Waals surface area contributed by atoms with Crippen molar-refractivity contribution >= 4 is 50.6 Å². The summed E-state index contributed by atoms with van der Waals surface area (Å²) >= 11 is 2.38. The monoisotopic (exact) mass is 408 g/mol. The quantitative estimate of drug-likeness (QED) is 0.339. The van der Waals surface area contributed by atoms with Gasteiger partial charge in [0.05, 0.1) is 36.1 Å². The van der Waals surface area contributed by atoms with Crippen LogP contribution >= 0.6 is 22.7 Å². The molecule has 0 radical (unpaired) electrons. The first-order chi connectivity index (χ1) is 12.9. The summed E-state index contributed by atoms with van der Waals surface area (Å²) in [5.41, 5.74) is 1.38. The molecule has 0 aliphatic carbocycles. The zero-order valence-electron chi connectivity index (χ0n) is 14.7. The lowest BCUT2D eigenvalue weighted by atomic mass is 10.0. The van der Waals surface area contributed by atoms with Gasteiger partial charge in [-0.2, -0.15) is 0 Å². The summed E-state index contributed by atoms with van der Waals surface area (Å²) in [5.74, 6) is -0.865. The lowest BCUT2D eigenvalue weighted by Crippen LogP contribution is -3.08. The van der Waals surface area contributed by atoms with Crippen molar-refractivity contribution < 1.29 is 24.1 Å². The number of ether oxygens (including phenoxy) is 1. The number of likely N-dealkylation sites (N-methyl/N-ethyl adjacent to an activating group) is 1. The van der Waals surface area contributed by atoms with Gasteiger partial charge in [0.2, 0.25) is 5.91 Å². The van der Waals surface area contributed by atoms with Crippen LogP contribution in [0.2, 0.25) is 0 Å². The van der Waals surface area contributed by atoms with E-state index in [0.717, 1.165) is 41.3 Å². The van der Waals surface area contributed by atoms with Crippen molar-refractivity contribution in [2.75, 3.05) is 26.0 Å². The van der Waals surface area contributed by atoms with Crippen molar-refractivity contribution in [3.8, 4) is 0 Å². The number of nitrogens with one attached hydrogen (secondary N) is 2. The molecule has 2 aromatic heterocycles. The average Bonchev–Trinajstić information content (AvgIpc) is 3.23. The Morgan fingerprint density at radius 3 is 2.81 bits per heavy atom. The second-order valence-corrected chi connectivity index (χ2v) is 8.29. The number of amides is 1. The second-order valence-electron chi connectivity index (χ2n) is 6.09. The van der Waals surface area contributed by atoms with Crippen molar-refractivity contribution in [1.29, 1.82) is 0 Å². The maximum atomic E-state index is 12.3. The molecule has 2 aromatic rings. The van der Waals surface area contributed by atoms with Crippen LogP contribution in [0.15, 0.2) is 18.2 Å². The fraction of sp³-hybridized carbons (Fsp3) is 0.294. The summed E-state index contributed by atoms with van der Waals surface area (Å²) in [6.07, 6.45) is 3.57. The largest absolute Gasteiger partial charge is 0.465 e. The molecule has 10 heteroatoms. The summed E-state index contributed by atoms with van der Waals surface area (Å²) < 4.78 is 4.89. The maximum absolute atomic E-state index is 12.3. The number of rotatable bonds is 5. The van der Waals surface area contributed by atoms with Gasteiger partial charge in [-0.25, -0.2) is 4.79 Å². The van der Waals surface area contributed by atoms with Crippen LogP contribution in [0.5, 0.6) is 0 Å². The number of carbonyl (C=O) groups excluding carboxylic acids is 2. The molecular formula is C17H18N3O5S2+. The molecule has 3 heterocycles. The van der Waals surface area contributed by atoms with Crippen molar-refractivity contribution in [1.82, 2.24) is 0 Å². The van der Waals surface area contributed by atoms with Gasteiger partial charge in [0, 0.05) is 23.4 Å². The number of carbonyl (C=O) groups is 2. The van der Waals surface area contributed by atoms with Gasteiger partial charge in [0.1, 0.15) is 11.5 Å². The molecular weight excluding hydrogens is 390 g/mol. The van der Waals surface area contributed by atoms with Gasteiger partial charge in [-0.3, -0.25) is 14.9 Å². The van der Waals surface area contributed by atoms with Crippen molar-refractivity contribution in [2.45, 2.75) is 13.0 Å². The SMILES string of the molecule is COC(=O)c1c(NC(=O)/C=C/c2ccc([N+](=O)[O-])s2)sc2c1CC[NH+](C)C2. The number of nitro groups is 1. The Morgan fingerprint density at radius 1 is 1.37 bits per heavy atom. The number of hydrogen-bond donors (Lipinski definition) is 2. The summed E-state index contributed by atoms with van der Waals surface area (Å²) in [5, 5.41) is 14.0. The molecule has 1 atom stereocenters. The molecule has 1 aliphatic rings. The molecule has 142 valence electrons. The first-order valence-corrected chi connectivity index (χ1v) is 9.79. The van der Waals surface area contributed by atoms with E-state index in [0.29, 0.717) is 15.4 Å². The van der Waals surface area contributed by atoms with E-state index < -0.39 is 16.8 Å². The third-order valence-corrected chi connectivity index (χ3v) is 6.32. The Balaban J connectivity index is 1.79. The van der Waals surface area contributed by atoms with Crippen molar-refractivity contribution in [3.63, 3.8) is 0 Å². The van der Waals surface area contributed by atoms with E-state index in [-0.39, 0.29) is 5.00 Å². The highest BCUT2D eigenvalue weighted by Gasteiger charge is 2.29. The summed E-state index contributed by atoms with van der Waals surface area (Å²) in [7, 11) is 3.41. The third-order valence-electron chi connectivity index (χ3n) is 4.17. The summed E-state index contributed by atoms with van der Waals surface area (Å²) in [6.45, 7) is 1.72. The predicted molar refractivity (Wildman–Crippen MR) is 103 cm³/mol. The molecule has 2 N–H and O–H groups in total. The summed E-state index contributed by atoms with van der Waals surface area (Å²) in [4.78, 5) is 37.8. The highest BCUT2D eigenvalue weighted by molar-refractivity contribution is 7.17. The number of methoxy groups -OCH3 is 1. The van der Waals surface area contributed by atoms with Crippen LogP contribution < -0.4 is 10.2 Å². The van der Waals surface area contributed by atoms with Crippen molar-refractivity contribution in [2.24, 2.45) is 0 Å². The number of anilines is 1. The van der Waals surface area contributed by atoms with Crippen LogP contribution in [0.3, 0.4) is 0 Å². The zero-order valence-corrected chi connectivity index (χ0v) is 16.4. The van der Waals surface area contributed by atoms with Gasteiger partial charge in [0.25, 0.3) is 0 Å². The first-order valence-electron chi connectivity index (χ1n) is 8.16. The number of fused-ring (bicyclic) bond motifs is 1. The molecule has 0 saturated heterocycles. The molecule has 0 fully saturated rings. The van der Waals surface area contributed by atoms with Gasteiger partial charge in [-0.05, 0) is 17.7 Å². The predicted octanol–water partition coefficient (Wildman–Crippen LogP) is 1.73. The van der Waals surface area contributed by atoms with E-state index >= 15 is 0 Å². The highest BCUT2D eigenvalue weighted by Crippen LogP contribution is 2.35. The molecule has 8 nitrogen and oxygen atoms in total. The van der Waals surface area contributed by atoms with Gasteiger partial charge < -0.3 is 15.0 Å². The number of esters is 1. The Bertz CT molecular complexity index is 931. The van der Waals surface area contributed by atoms with Gasteiger partial charge in [-0.1, -0.05) is 11.3 Å². The molecule has 1 unspecified atom stereocenters. The molecule has 0 spiro atoms. The number of nitrogens with zero attached hydrogens (tertiary/aromatic N) is 1. The minimum Gasteiger partial charge on any atom is -0.465 e. The normalized spacial score (nSPS) is 16.1. The van der Waals surface area contributed by atoms with E-state index in [2.05, 4.69) is 12.4 Å². The topological polar surface area (TPSA) is 103 Å². The summed E-state index contributed by atoms with van der Waals surface area (Å²) in [6, 6.07) is 2.97. The Morgan fingerprint density at radius 2 is 2.15 bits per heavy atom. The first kappa shape index (κ1) is 19.2. The zero-order chi connectivity index (χ0) is 19.6. The van der Waals surface area contributed by atoms with Crippen LogP contribution in [0.1, 0.15) is 25.7 Å². The molecule has 0 saturated carbocycles. The van der Waals surface area contributed by atoms with Gasteiger partial charge in [0.15, 0.2) is 0 Å². The lowest BCUT2D eigenvalue weighted by Gasteiger charge is -2.19. The van der Waals surface area contributed by atoms with E-state index in [4.69, 9.17) is 4.74 Å². The molecule has 3 rings (SSSR count). The Labute approximate surface area is 163 Å². The molecule has 0 aromatic carbocycles. The van der Waals surface area contributed by atoms with Crippen LogP contribution in [-0.2, 0) is 22.5 Å². The average molecular weight is 408 g/mol. The van der Waals surface area contributed by atoms with Crippen LogP contribution in [0.25, 0.3) is 6.08 Å². The number of thiophene rings is 2. The van der Waals surface area contributed by atoms with E-state index in [1.165, 1.54) is 41.6 Å². The van der Waals surface area contributed by atoms with Crippen LogP contribution in [0, 0.1) is 10.1 Å². The minimum absolute atomic E-state index is 0.0144. The Kier molecular flexibility index (Phi) is 5.68. The molecule has 1 aliphatic heterocycles. The van der Waals surface area contributed by atoms with E-state index in [1.807, 2.05) is 0 Å². The van der Waals surface area contributed by atoms with Gasteiger partial charge >= 0.3 is 11.0 Å².